The second kappa shape index (κ2) is 3.11. The van der Waals surface area contributed by atoms with Crippen LogP contribution in [0.15, 0.2) is 10.7 Å². The lowest BCUT2D eigenvalue weighted by Crippen LogP contribution is -2.32. The van der Waals surface area contributed by atoms with E-state index in [1.54, 1.807) is 0 Å². The molecule has 0 aromatic carbocycles. The van der Waals surface area contributed by atoms with Crippen molar-refractivity contribution in [3.8, 4) is 0 Å². The Balaban J connectivity index is 3.09. The zero-order chi connectivity index (χ0) is 10.9. The lowest BCUT2D eigenvalue weighted by Gasteiger charge is -2.12. The average molecular weight is 201 g/mol. The molecule has 3 N–H and O–H groups in total. The number of hydrogen-bond donors (Lipinski definition) is 3. The molecule has 1 heterocycles. The maximum Gasteiger partial charge on any atom is 0.357 e. The van der Waals surface area contributed by atoms with Crippen LogP contribution in [-0.2, 0) is 10.4 Å². The largest absolute Gasteiger partial charge is 0.479 e. The predicted molar refractivity (Wildman–Crippen MR) is 40.7 cm³/mol. The number of aliphatic hydroxyl groups is 1. The summed E-state index contributed by atoms with van der Waals surface area (Å²) in [7, 11) is 0. The van der Waals surface area contributed by atoms with Crippen LogP contribution in [0.3, 0.4) is 0 Å². The summed E-state index contributed by atoms with van der Waals surface area (Å²) in [6.07, 6.45) is 0.759. The van der Waals surface area contributed by atoms with Crippen LogP contribution in [0.25, 0.3) is 0 Å². The Kier molecular flexibility index (Phi) is 2.26. The lowest BCUT2D eigenvalue weighted by molar-refractivity contribution is -0.159. The molecule has 7 heteroatoms. The predicted octanol–water partition coefficient (Wildman–Crippen LogP) is -0.335. The smallest absolute Gasteiger partial charge is 0.357 e. The molecule has 14 heavy (non-hydrogen) atoms. The van der Waals surface area contributed by atoms with Crippen LogP contribution in [0.1, 0.15) is 23.3 Å². The van der Waals surface area contributed by atoms with Crippen molar-refractivity contribution in [3.63, 3.8) is 0 Å². The van der Waals surface area contributed by atoms with Crippen LogP contribution in [0.4, 0.5) is 0 Å². The maximum absolute atomic E-state index is 10.5. The molecule has 0 spiro atoms. The molecule has 1 atom stereocenters. The standard InChI is InChI=1S/C7H7NO6/c1-7(13,6(11)12)5-8-3(2-14-5)4(9)10/h2,13H,1H3,(H,9,10)(H,11,12). The van der Waals surface area contributed by atoms with Crippen LogP contribution in [0.5, 0.6) is 0 Å². The number of aliphatic carboxylic acids is 1. The van der Waals surface area contributed by atoms with Gasteiger partial charge in [0.15, 0.2) is 5.69 Å². The van der Waals surface area contributed by atoms with Crippen LogP contribution >= 0.6 is 0 Å². The van der Waals surface area contributed by atoms with Gasteiger partial charge >= 0.3 is 11.9 Å². The van der Waals surface area contributed by atoms with E-state index in [0.29, 0.717) is 0 Å². The molecular formula is C7H7NO6. The van der Waals surface area contributed by atoms with Crippen molar-refractivity contribution in [1.82, 2.24) is 4.98 Å². The molecule has 0 saturated carbocycles. The molecular weight excluding hydrogens is 194 g/mol. The van der Waals surface area contributed by atoms with Gasteiger partial charge in [-0.25, -0.2) is 14.6 Å². The molecule has 1 aromatic heterocycles. The lowest BCUT2D eigenvalue weighted by atomic mass is 10.1. The summed E-state index contributed by atoms with van der Waals surface area (Å²) in [6.45, 7) is 0.937. The minimum atomic E-state index is -2.33. The Labute approximate surface area is 77.6 Å². The fourth-order valence-corrected chi connectivity index (χ4v) is 0.687. The van der Waals surface area contributed by atoms with E-state index in [2.05, 4.69) is 9.40 Å². The third-order valence-corrected chi connectivity index (χ3v) is 1.56. The van der Waals surface area contributed by atoms with E-state index >= 15 is 0 Å². The fourth-order valence-electron chi connectivity index (χ4n) is 0.687. The number of carbonyl (C=O) groups is 2. The van der Waals surface area contributed by atoms with Crippen molar-refractivity contribution in [3.05, 3.63) is 17.8 Å². The third-order valence-electron chi connectivity index (χ3n) is 1.56. The summed E-state index contributed by atoms with van der Waals surface area (Å²) in [6, 6.07) is 0. The van der Waals surface area contributed by atoms with Gasteiger partial charge in [0.25, 0.3) is 0 Å². The summed E-state index contributed by atoms with van der Waals surface area (Å²) in [5.41, 5.74) is -2.78. The number of hydrogen-bond acceptors (Lipinski definition) is 5. The summed E-state index contributed by atoms with van der Waals surface area (Å²) < 4.78 is 4.53. The van der Waals surface area contributed by atoms with Crippen molar-refractivity contribution < 1.29 is 29.3 Å². The number of carboxylic acid groups (broad SMARTS) is 2. The summed E-state index contributed by atoms with van der Waals surface area (Å²) >= 11 is 0. The first-order valence-electron chi connectivity index (χ1n) is 3.50. The van der Waals surface area contributed by atoms with Gasteiger partial charge in [0.1, 0.15) is 6.26 Å². The maximum atomic E-state index is 10.5. The van der Waals surface area contributed by atoms with Crippen molar-refractivity contribution in [1.29, 1.82) is 0 Å². The minimum absolute atomic E-state index is 0.457. The number of aromatic nitrogens is 1. The Morgan fingerprint density at radius 1 is 1.50 bits per heavy atom. The zero-order valence-corrected chi connectivity index (χ0v) is 7.09. The van der Waals surface area contributed by atoms with Crippen LogP contribution < -0.4 is 0 Å². The topological polar surface area (TPSA) is 121 Å². The molecule has 0 radical (unpaired) electrons. The average Bonchev–Trinajstić information content (AvgIpc) is 2.51. The summed E-state index contributed by atoms with van der Waals surface area (Å²) in [5.74, 6) is -3.50. The van der Waals surface area contributed by atoms with Gasteiger partial charge < -0.3 is 19.7 Å². The normalized spacial score (nSPS) is 14.7. The van der Waals surface area contributed by atoms with Gasteiger partial charge in [0.2, 0.25) is 11.5 Å². The Morgan fingerprint density at radius 3 is 2.43 bits per heavy atom. The van der Waals surface area contributed by atoms with Gasteiger partial charge in [-0.2, -0.15) is 0 Å². The third kappa shape index (κ3) is 1.57. The molecule has 1 aromatic rings. The second-order valence-corrected chi connectivity index (χ2v) is 2.72. The molecule has 0 bridgehead atoms. The number of oxazole rings is 1. The highest BCUT2D eigenvalue weighted by Crippen LogP contribution is 2.19. The van der Waals surface area contributed by atoms with Gasteiger partial charge in [0, 0.05) is 0 Å². The molecule has 0 aliphatic heterocycles. The monoisotopic (exact) mass is 201 g/mol. The van der Waals surface area contributed by atoms with E-state index in [9.17, 15) is 14.7 Å². The van der Waals surface area contributed by atoms with Crippen LogP contribution in [-0.4, -0.2) is 32.2 Å². The second-order valence-electron chi connectivity index (χ2n) is 2.72. The zero-order valence-electron chi connectivity index (χ0n) is 7.09. The Bertz CT molecular complexity index is 379. The van der Waals surface area contributed by atoms with E-state index in [1.807, 2.05) is 0 Å². The minimum Gasteiger partial charge on any atom is -0.479 e. The van der Waals surface area contributed by atoms with Gasteiger partial charge in [0.05, 0.1) is 0 Å². The Hall–Kier alpha value is -1.89. The first kappa shape index (κ1) is 10.2. The van der Waals surface area contributed by atoms with Crippen LogP contribution in [0.2, 0.25) is 0 Å². The number of rotatable bonds is 3. The fraction of sp³-hybridized carbons (Fsp3) is 0.286. The molecule has 0 aliphatic carbocycles. The van der Waals surface area contributed by atoms with E-state index in [-0.39, 0.29) is 0 Å². The van der Waals surface area contributed by atoms with E-state index in [4.69, 9.17) is 10.2 Å². The van der Waals surface area contributed by atoms with Gasteiger partial charge in [-0.1, -0.05) is 0 Å². The molecule has 0 fully saturated rings. The first-order valence-corrected chi connectivity index (χ1v) is 3.50. The molecule has 7 nitrogen and oxygen atoms in total. The highest BCUT2D eigenvalue weighted by atomic mass is 16.4. The van der Waals surface area contributed by atoms with Gasteiger partial charge in [-0.15, -0.1) is 0 Å². The van der Waals surface area contributed by atoms with Crippen LogP contribution in [0, 0.1) is 0 Å². The molecule has 0 amide bonds. The van der Waals surface area contributed by atoms with Gasteiger partial charge in [-0.05, 0) is 6.92 Å². The molecule has 1 unspecified atom stereocenters. The van der Waals surface area contributed by atoms with Crippen molar-refractivity contribution in [2.75, 3.05) is 0 Å². The molecule has 0 aliphatic rings. The van der Waals surface area contributed by atoms with E-state index in [1.165, 1.54) is 0 Å². The van der Waals surface area contributed by atoms with Crippen molar-refractivity contribution in [2.45, 2.75) is 12.5 Å². The summed E-state index contributed by atoms with van der Waals surface area (Å²) in [5, 5.41) is 26.3. The Morgan fingerprint density at radius 2 is 2.07 bits per heavy atom. The molecule has 0 saturated heterocycles. The molecule has 76 valence electrons. The highest BCUT2D eigenvalue weighted by molar-refractivity contribution is 5.85. The SMILES string of the molecule is CC(O)(C(=O)O)c1nc(C(=O)O)co1. The van der Waals surface area contributed by atoms with Crippen molar-refractivity contribution in [2.24, 2.45) is 0 Å². The van der Waals surface area contributed by atoms with Crippen molar-refractivity contribution >= 4 is 11.9 Å². The van der Waals surface area contributed by atoms with Gasteiger partial charge in [-0.3, -0.25) is 0 Å². The summed E-state index contributed by atoms with van der Waals surface area (Å²) in [4.78, 5) is 24.2. The molecule has 1 rings (SSSR count). The number of carboxylic acids is 2. The first-order chi connectivity index (χ1) is 6.35. The number of nitrogens with zero attached hydrogens (tertiary/aromatic N) is 1. The quantitative estimate of drug-likeness (QED) is 0.611. The highest BCUT2D eigenvalue weighted by Gasteiger charge is 2.38. The van der Waals surface area contributed by atoms with E-state index < -0.39 is 29.1 Å². The van der Waals surface area contributed by atoms with E-state index in [0.717, 1.165) is 13.2 Å². The number of aromatic carboxylic acids is 1.